The summed E-state index contributed by atoms with van der Waals surface area (Å²) in [6.07, 6.45) is 1.59. The van der Waals surface area contributed by atoms with E-state index in [1.54, 1.807) is 31.2 Å². The maximum atomic E-state index is 12.9. The fourth-order valence-electron chi connectivity index (χ4n) is 3.91. The molecule has 0 spiro atoms. The smallest absolute Gasteiger partial charge is 0.309 e. The first-order chi connectivity index (χ1) is 13.0. The number of carbonyl (C=O) groups is 3. The largest absolute Gasteiger partial charge is 0.494 e. The van der Waals surface area contributed by atoms with Crippen LogP contribution in [-0.4, -0.2) is 50.1 Å². The number of piperidine rings is 1. The number of hydrogen-bond acceptors (Lipinski definition) is 5. The van der Waals surface area contributed by atoms with Gasteiger partial charge in [-0.2, -0.15) is 0 Å². The first kappa shape index (κ1) is 19.4. The highest BCUT2D eigenvalue weighted by Gasteiger charge is 2.47. The minimum atomic E-state index is -0.368. The normalized spacial score (nSPS) is 25.6. The highest BCUT2D eigenvalue weighted by atomic mass is 16.5. The number of amides is 2. The van der Waals surface area contributed by atoms with Gasteiger partial charge < -0.3 is 14.4 Å². The van der Waals surface area contributed by atoms with Crippen LogP contribution in [0.25, 0.3) is 0 Å². The van der Waals surface area contributed by atoms with Crippen LogP contribution in [0.5, 0.6) is 5.75 Å². The van der Waals surface area contributed by atoms with Crippen molar-refractivity contribution in [1.29, 1.82) is 0 Å². The summed E-state index contributed by atoms with van der Waals surface area (Å²) in [5.74, 6) is 0.135. The van der Waals surface area contributed by atoms with Crippen LogP contribution in [0.4, 0.5) is 5.69 Å². The second-order valence-corrected chi connectivity index (χ2v) is 6.94. The number of ether oxygens (including phenoxy) is 2. The molecule has 1 atom stereocenters. The summed E-state index contributed by atoms with van der Waals surface area (Å²) in [6, 6.07) is 6.65. The van der Waals surface area contributed by atoms with Gasteiger partial charge in [-0.15, -0.1) is 0 Å². The van der Waals surface area contributed by atoms with Crippen LogP contribution in [0.15, 0.2) is 24.3 Å². The SMILES string of the molecule is CCOC(=O)C1CC[NH+]([C@H]2CC(=O)N(c3ccc(OCC)cc3)C2=O)CC1. The molecule has 2 amide bonds. The first-order valence-corrected chi connectivity index (χ1v) is 9.66. The number of benzene rings is 1. The number of carbonyl (C=O) groups excluding carboxylic acids is 3. The molecule has 2 aliphatic heterocycles. The fraction of sp³-hybridized carbons (Fsp3) is 0.550. The van der Waals surface area contributed by atoms with Crippen LogP contribution in [0.1, 0.15) is 33.1 Å². The Labute approximate surface area is 159 Å². The summed E-state index contributed by atoms with van der Waals surface area (Å²) < 4.78 is 10.5. The molecule has 146 valence electrons. The Morgan fingerprint density at radius 1 is 1.11 bits per heavy atom. The molecule has 1 aromatic carbocycles. The van der Waals surface area contributed by atoms with Crippen LogP contribution in [0.2, 0.25) is 0 Å². The van der Waals surface area contributed by atoms with Crippen molar-refractivity contribution in [3.8, 4) is 5.75 Å². The Morgan fingerprint density at radius 2 is 1.78 bits per heavy atom. The summed E-state index contributed by atoms with van der Waals surface area (Å²) in [5.41, 5.74) is 0.580. The first-order valence-electron chi connectivity index (χ1n) is 9.66. The van der Waals surface area contributed by atoms with E-state index < -0.39 is 0 Å². The molecule has 2 fully saturated rings. The molecule has 2 aliphatic rings. The van der Waals surface area contributed by atoms with Crippen molar-refractivity contribution in [2.75, 3.05) is 31.2 Å². The molecule has 3 rings (SSSR count). The van der Waals surface area contributed by atoms with E-state index >= 15 is 0 Å². The van der Waals surface area contributed by atoms with Crippen LogP contribution in [-0.2, 0) is 19.1 Å². The van der Waals surface area contributed by atoms with Crippen molar-refractivity contribution in [1.82, 2.24) is 0 Å². The van der Waals surface area contributed by atoms with Crippen LogP contribution >= 0.6 is 0 Å². The van der Waals surface area contributed by atoms with Gasteiger partial charge in [0, 0.05) is 12.8 Å². The van der Waals surface area contributed by atoms with E-state index in [9.17, 15) is 14.4 Å². The second-order valence-electron chi connectivity index (χ2n) is 6.94. The average molecular weight is 375 g/mol. The standard InChI is InChI=1S/C20H26N2O5/c1-3-26-16-7-5-15(6-8-16)22-18(23)13-17(19(22)24)21-11-9-14(10-12-21)20(25)27-4-2/h5-8,14,17H,3-4,9-13H2,1-2H3/p+1/t17-/m0/s1. The third-order valence-electron chi connectivity index (χ3n) is 5.29. The van der Waals surface area contributed by atoms with Crippen molar-refractivity contribution >= 4 is 23.5 Å². The zero-order valence-electron chi connectivity index (χ0n) is 15.9. The van der Waals surface area contributed by atoms with E-state index in [0.29, 0.717) is 50.6 Å². The summed E-state index contributed by atoms with van der Waals surface area (Å²) in [7, 11) is 0. The fourth-order valence-corrected chi connectivity index (χ4v) is 3.91. The van der Waals surface area contributed by atoms with Gasteiger partial charge in [-0.1, -0.05) is 0 Å². The monoisotopic (exact) mass is 375 g/mol. The number of rotatable bonds is 6. The number of hydrogen-bond donors (Lipinski definition) is 1. The molecule has 0 aliphatic carbocycles. The van der Waals surface area contributed by atoms with Gasteiger partial charge in [0.15, 0.2) is 6.04 Å². The Bertz CT molecular complexity index is 695. The third-order valence-corrected chi connectivity index (χ3v) is 5.29. The number of likely N-dealkylation sites (tertiary alicyclic amines) is 1. The van der Waals surface area contributed by atoms with Crippen molar-refractivity contribution in [3.05, 3.63) is 24.3 Å². The van der Waals surface area contributed by atoms with Gasteiger partial charge in [0.25, 0.3) is 5.91 Å². The molecule has 7 nitrogen and oxygen atoms in total. The van der Waals surface area contributed by atoms with Gasteiger partial charge in [-0.25, -0.2) is 4.90 Å². The highest BCUT2D eigenvalue weighted by molar-refractivity contribution is 6.21. The van der Waals surface area contributed by atoms with E-state index in [4.69, 9.17) is 9.47 Å². The molecule has 27 heavy (non-hydrogen) atoms. The van der Waals surface area contributed by atoms with E-state index in [1.165, 1.54) is 4.90 Å². The number of quaternary nitrogens is 1. The lowest BCUT2D eigenvalue weighted by molar-refractivity contribution is -0.920. The highest BCUT2D eigenvalue weighted by Crippen LogP contribution is 2.25. The van der Waals surface area contributed by atoms with Gasteiger partial charge in [-0.05, 0) is 38.1 Å². The predicted octanol–water partition coefficient (Wildman–Crippen LogP) is 0.575. The van der Waals surface area contributed by atoms with Crippen LogP contribution in [0.3, 0.4) is 0 Å². The summed E-state index contributed by atoms with van der Waals surface area (Å²) >= 11 is 0. The lowest BCUT2D eigenvalue weighted by Gasteiger charge is -2.31. The average Bonchev–Trinajstić information content (AvgIpc) is 2.97. The van der Waals surface area contributed by atoms with E-state index in [1.807, 2.05) is 6.92 Å². The van der Waals surface area contributed by atoms with Crippen molar-refractivity contribution in [3.63, 3.8) is 0 Å². The molecule has 2 saturated heterocycles. The van der Waals surface area contributed by atoms with Crippen molar-refractivity contribution < 1.29 is 28.8 Å². The maximum Gasteiger partial charge on any atom is 0.309 e. The minimum absolute atomic E-state index is 0.0943. The molecule has 2 heterocycles. The van der Waals surface area contributed by atoms with Gasteiger partial charge >= 0.3 is 5.97 Å². The Kier molecular flexibility index (Phi) is 6.11. The van der Waals surface area contributed by atoms with Crippen molar-refractivity contribution in [2.45, 2.75) is 39.2 Å². The third kappa shape index (κ3) is 4.13. The zero-order valence-corrected chi connectivity index (χ0v) is 15.9. The molecule has 7 heteroatoms. The number of imide groups is 1. The summed E-state index contributed by atoms with van der Waals surface area (Å²) in [6.45, 7) is 6.05. The van der Waals surface area contributed by atoms with Crippen LogP contribution < -0.4 is 14.5 Å². The van der Waals surface area contributed by atoms with Gasteiger partial charge in [0.1, 0.15) is 5.75 Å². The van der Waals surface area contributed by atoms with Gasteiger partial charge in [0.05, 0.1) is 44.3 Å². The quantitative estimate of drug-likeness (QED) is 0.581. The topological polar surface area (TPSA) is 77.3 Å². The number of nitrogens with one attached hydrogen (secondary N) is 1. The molecular weight excluding hydrogens is 348 g/mol. The molecule has 0 aromatic heterocycles. The molecule has 0 unspecified atom stereocenters. The maximum absolute atomic E-state index is 12.9. The van der Waals surface area contributed by atoms with Crippen molar-refractivity contribution in [2.24, 2.45) is 5.92 Å². The molecular formula is C20H27N2O5+. The van der Waals surface area contributed by atoms with E-state index in [0.717, 1.165) is 4.90 Å². The minimum Gasteiger partial charge on any atom is -0.494 e. The molecule has 0 saturated carbocycles. The molecule has 0 bridgehead atoms. The second kappa shape index (κ2) is 8.52. The number of nitrogens with zero attached hydrogens (tertiary/aromatic N) is 1. The van der Waals surface area contributed by atoms with Gasteiger partial charge in [0.2, 0.25) is 5.91 Å². The Hall–Kier alpha value is -2.41. The van der Waals surface area contributed by atoms with E-state index in [-0.39, 0.29) is 36.2 Å². The molecule has 0 radical (unpaired) electrons. The van der Waals surface area contributed by atoms with E-state index in [2.05, 4.69) is 0 Å². The Balaban J connectivity index is 1.63. The molecule has 1 N–H and O–H groups in total. The summed E-state index contributed by atoms with van der Waals surface area (Å²) in [5, 5.41) is 0. The van der Waals surface area contributed by atoms with Crippen LogP contribution in [0, 0.1) is 5.92 Å². The molecule has 1 aromatic rings. The number of esters is 1. The Morgan fingerprint density at radius 3 is 2.37 bits per heavy atom. The predicted molar refractivity (Wildman–Crippen MR) is 98.6 cm³/mol. The lowest BCUT2D eigenvalue weighted by atomic mass is 9.95. The summed E-state index contributed by atoms with van der Waals surface area (Å²) in [4.78, 5) is 39.6. The zero-order chi connectivity index (χ0) is 19.4. The number of anilines is 1. The van der Waals surface area contributed by atoms with Gasteiger partial charge in [-0.3, -0.25) is 14.4 Å². The lowest BCUT2D eigenvalue weighted by Crippen LogP contribution is -3.17.